The van der Waals surface area contributed by atoms with E-state index in [1.165, 1.54) is 71.2 Å². The number of likely N-dealkylation sites (N-methyl/N-ethyl adjacent to an activating group) is 1. The minimum Gasteiger partial charge on any atom is -0.330 e. The highest BCUT2D eigenvalue weighted by Gasteiger charge is 2.15. The van der Waals surface area contributed by atoms with Gasteiger partial charge in [-0.3, -0.25) is 14.7 Å². The van der Waals surface area contributed by atoms with E-state index in [-0.39, 0.29) is 0 Å². The van der Waals surface area contributed by atoms with Crippen molar-refractivity contribution in [1.29, 1.82) is 0 Å². The van der Waals surface area contributed by atoms with Crippen molar-refractivity contribution in [3.63, 3.8) is 0 Å². The van der Waals surface area contributed by atoms with Crippen molar-refractivity contribution in [2.24, 2.45) is 91.7 Å². The van der Waals surface area contributed by atoms with Crippen LogP contribution < -0.4 is 102 Å². The average Bonchev–Trinajstić information content (AvgIpc) is 3.35. The zero-order valence-corrected chi connectivity index (χ0v) is 44.6. The molecule has 0 aromatic rings. The summed E-state index contributed by atoms with van der Waals surface area (Å²) in [4.78, 5) is 11.7. The molecule has 23 heteroatoms. The Morgan fingerprint density at radius 2 is 0.676 bits per heavy atom. The van der Waals surface area contributed by atoms with Crippen LogP contribution in [0.15, 0.2) is 0 Å². The fourth-order valence-corrected chi connectivity index (χ4v) is 6.01. The predicted octanol–water partition coefficient (Wildman–Crippen LogP) is -6.52. The Balaban J connectivity index is -0.000000166. The van der Waals surface area contributed by atoms with Gasteiger partial charge in [0.15, 0.2) is 0 Å². The smallest absolute Gasteiger partial charge is 0.0110 e. The lowest BCUT2D eigenvalue weighted by Crippen LogP contribution is -2.47. The molecule has 2 saturated heterocycles. The standard InChI is InChI=1S/C11H26N4.C7H19N3.C6H18N4.C6H15N3.C5H15N3.C5H14N2.C3H10N2.C2H8N2/c12-4-2-1-3-6-14-8-10-15(7-5-13)11-9-14;8-4-2-1-3-6-10-7-5-9;7-1-4-10(5-2-8)6-3-9;7-1-4-9-5-2-8-3-6-9;1-8(4-2-6)5-3-7;6-4-2-1-3-5-7;4-2-1-3-5;3-1-2-4/h1-13H2;10H,1-9H2;1-9H2;8H,1-7H2;2-7H2,1H3;1-7H2;1-5H2;1-4H2. The number of unbranched alkanes of at least 4 members (excludes halogenated alkanes) is 6. The Bertz CT molecular complexity index is 731. The van der Waals surface area contributed by atoms with Crippen LogP contribution in [0.4, 0.5) is 0 Å². The molecule has 68 heavy (non-hydrogen) atoms. The third kappa shape index (κ3) is 79.2. The molecule has 34 N–H and O–H groups in total. The quantitative estimate of drug-likeness (QED) is 0.0272. The first-order chi connectivity index (χ1) is 33.1. The van der Waals surface area contributed by atoms with E-state index in [2.05, 4.69) is 35.1 Å². The molecule has 2 aliphatic heterocycles. The topological polar surface area (TPSA) is 457 Å². The third-order valence-corrected chi connectivity index (χ3v) is 9.96. The highest BCUT2D eigenvalue weighted by atomic mass is 15.3. The molecule has 23 nitrogen and oxygen atoms in total. The van der Waals surface area contributed by atoms with E-state index in [1.54, 1.807) is 0 Å². The van der Waals surface area contributed by atoms with Gasteiger partial charge in [0.1, 0.15) is 0 Å². The Morgan fingerprint density at radius 1 is 0.324 bits per heavy atom. The molecule has 2 rings (SSSR count). The van der Waals surface area contributed by atoms with Crippen LogP contribution in [-0.2, 0) is 0 Å². The Labute approximate surface area is 419 Å². The molecule has 0 atom stereocenters. The number of hydrogen-bond acceptors (Lipinski definition) is 23. The number of nitrogens with one attached hydrogen (secondary N) is 2. The number of nitrogens with zero attached hydrogens (tertiary/aromatic N) is 5. The summed E-state index contributed by atoms with van der Waals surface area (Å²) in [7, 11) is 2.01. The van der Waals surface area contributed by atoms with Gasteiger partial charge in [-0.2, -0.15) is 0 Å². The average molecular weight is 989 g/mol. The minimum absolute atomic E-state index is 0.597. The van der Waals surface area contributed by atoms with E-state index in [0.29, 0.717) is 32.7 Å². The molecule has 2 aliphatic rings. The van der Waals surface area contributed by atoms with Crippen LogP contribution >= 0.6 is 0 Å². The number of piperazine rings is 2. The van der Waals surface area contributed by atoms with Gasteiger partial charge in [-0.1, -0.05) is 19.3 Å². The first-order valence-electron chi connectivity index (χ1n) is 26.3. The van der Waals surface area contributed by atoms with Gasteiger partial charge < -0.3 is 112 Å². The van der Waals surface area contributed by atoms with Gasteiger partial charge >= 0.3 is 0 Å². The molecule has 0 aromatic carbocycles. The van der Waals surface area contributed by atoms with Crippen molar-refractivity contribution in [2.75, 3.05) is 230 Å². The summed E-state index contributed by atoms with van der Waals surface area (Å²) < 4.78 is 0. The fraction of sp³-hybridized carbons (Fsp3) is 1.00. The van der Waals surface area contributed by atoms with Gasteiger partial charge in [-0.25, -0.2) is 0 Å². The van der Waals surface area contributed by atoms with Crippen molar-refractivity contribution in [3.8, 4) is 0 Å². The zero-order valence-electron chi connectivity index (χ0n) is 44.6. The molecule has 0 spiro atoms. The monoisotopic (exact) mass is 988 g/mol. The molecule has 0 unspecified atom stereocenters. The van der Waals surface area contributed by atoms with Crippen LogP contribution in [0, 0.1) is 0 Å². The molecule has 0 aliphatic carbocycles. The number of nitrogens with two attached hydrogens (primary N) is 16. The number of hydrogen-bond donors (Lipinski definition) is 18. The second kappa shape index (κ2) is 77.5. The molecular formula is C45H125N23. The predicted molar refractivity (Wildman–Crippen MR) is 300 cm³/mol. The normalized spacial score (nSPS) is 13.6. The number of rotatable bonds is 33. The van der Waals surface area contributed by atoms with Crippen molar-refractivity contribution in [1.82, 2.24) is 35.1 Å². The van der Waals surface area contributed by atoms with Gasteiger partial charge in [0, 0.05) is 170 Å². The van der Waals surface area contributed by atoms with Crippen LogP contribution in [0.2, 0.25) is 0 Å². The first-order valence-corrected chi connectivity index (χ1v) is 26.3. The fourth-order valence-electron chi connectivity index (χ4n) is 6.01. The third-order valence-electron chi connectivity index (χ3n) is 9.96. The van der Waals surface area contributed by atoms with Crippen LogP contribution in [0.25, 0.3) is 0 Å². The largest absolute Gasteiger partial charge is 0.330 e. The molecule has 0 amide bonds. The lowest BCUT2D eigenvalue weighted by atomic mass is 10.2. The summed E-state index contributed by atoms with van der Waals surface area (Å²) in [5.41, 5.74) is 84.1. The van der Waals surface area contributed by atoms with Gasteiger partial charge in [0.2, 0.25) is 0 Å². The summed E-state index contributed by atoms with van der Waals surface area (Å²) >= 11 is 0. The molecule has 0 saturated carbocycles. The van der Waals surface area contributed by atoms with E-state index in [1.807, 2.05) is 7.05 Å². The first kappa shape index (κ1) is 78.5. The second-order valence-electron chi connectivity index (χ2n) is 16.3. The van der Waals surface area contributed by atoms with E-state index in [4.69, 9.17) is 91.7 Å². The van der Waals surface area contributed by atoms with Crippen molar-refractivity contribution in [2.45, 2.75) is 64.2 Å². The second-order valence-corrected chi connectivity index (χ2v) is 16.3. The van der Waals surface area contributed by atoms with Gasteiger partial charge in [0.05, 0.1) is 0 Å². The summed E-state index contributed by atoms with van der Waals surface area (Å²) in [6.07, 6.45) is 11.7. The van der Waals surface area contributed by atoms with Gasteiger partial charge in [-0.05, 0) is 104 Å². The van der Waals surface area contributed by atoms with E-state index < -0.39 is 0 Å². The van der Waals surface area contributed by atoms with E-state index in [9.17, 15) is 0 Å². The molecule has 420 valence electrons. The van der Waals surface area contributed by atoms with Gasteiger partial charge in [-0.15, -0.1) is 0 Å². The van der Waals surface area contributed by atoms with Crippen LogP contribution in [0.3, 0.4) is 0 Å². The summed E-state index contributed by atoms with van der Waals surface area (Å²) in [6.45, 7) is 31.0. The lowest BCUT2D eigenvalue weighted by molar-refractivity contribution is 0.133. The van der Waals surface area contributed by atoms with Crippen LogP contribution in [0.5, 0.6) is 0 Å². The Morgan fingerprint density at radius 3 is 1.00 bits per heavy atom. The maximum atomic E-state index is 5.54. The van der Waals surface area contributed by atoms with Crippen LogP contribution in [0.1, 0.15) is 64.2 Å². The zero-order chi connectivity index (χ0) is 52.4. The molecule has 0 aromatic heterocycles. The Kier molecular flexibility index (Phi) is 89.5. The summed E-state index contributed by atoms with van der Waals surface area (Å²) in [5.74, 6) is 0. The van der Waals surface area contributed by atoms with Crippen LogP contribution in [-0.4, -0.2) is 254 Å². The molecule has 0 radical (unpaired) electrons. The van der Waals surface area contributed by atoms with Crippen molar-refractivity contribution >= 4 is 0 Å². The molecule has 2 fully saturated rings. The maximum absolute atomic E-state index is 5.54. The van der Waals surface area contributed by atoms with Crippen molar-refractivity contribution in [3.05, 3.63) is 0 Å². The highest BCUT2D eigenvalue weighted by Crippen LogP contribution is 2.04. The Hall–Kier alpha value is -0.920. The maximum Gasteiger partial charge on any atom is 0.0110 e. The highest BCUT2D eigenvalue weighted by molar-refractivity contribution is 4.72. The molecule has 2 heterocycles. The summed E-state index contributed by atoms with van der Waals surface area (Å²) in [6, 6.07) is 0. The SMILES string of the molecule is CN(CCN)CCN.NCCCCCN.NCCCCCN1CCN(CCN)CC1.NCCCCCNCCN.NCCCN.NCCN.NCCN(CCN)CCN.NCCN1CCNCC1. The van der Waals surface area contributed by atoms with E-state index in [0.717, 1.165) is 183 Å². The summed E-state index contributed by atoms with van der Waals surface area (Å²) in [5, 5.41) is 6.52. The van der Waals surface area contributed by atoms with Gasteiger partial charge in [0.25, 0.3) is 0 Å². The van der Waals surface area contributed by atoms with Crippen molar-refractivity contribution < 1.29 is 0 Å². The van der Waals surface area contributed by atoms with E-state index >= 15 is 0 Å². The molecule has 0 bridgehead atoms. The molecular weight excluding hydrogens is 863 g/mol. The lowest BCUT2D eigenvalue weighted by Gasteiger charge is -2.34. The minimum atomic E-state index is 0.597.